The van der Waals surface area contributed by atoms with Crippen LogP contribution >= 0.6 is 0 Å². The Bertz CT molecular complexity index is 45.8. The molecule has 0 radical (unpaired) electrons. The molecule has 0 aliphatic heterocycles. The van der Waals surface area contributed by atoms with E-state index >= 15 is 0 Å². The summed E-state index contributed by atoms with van der Waals surface area (Å²) in [6.07, 6.45) is 0. The topological polar surface area (TPSA) is 0 Å². The van der Waals surface area contributed by atoms with Crippen molar-refractivity contribution >= 4 is 0 Å². The van der Waals surface area contributed by atoms with E-state index in [2.05, 4.69) is 0 Å². The Morgan fingerprint density at radius 2 is 1.50 bits per heavy atom. The molecule has 8 heavy (non-hydrogen) atoms. The van der Waals surface area contributed by atoms with Gasteiger partial charge in [-0.05, 0) is 11.4 Å². The van der Waals surface area contributed by atoms with Crippen molar-refractivity contribution in [3.63, 3.8) is 0 Å². The smallest absolute Gasteiger partial charge is 0.112 e. The summed E-state index contributed by atoms with van der Waals surface area (Å²) in [6.45, 7) is 2.35. The zero-order valence-electron chi connectivity index (χ0n) is 5.32. The Morgan fingerprint density at radius 1 is 1.38 bits per heavy atom. The van der Waals surface area contributed by atoms with Crippen LogP contribution in [0.5, 0.6) is 0 Å². The molecule has 0 rings (SSSR count). The van der Waals surface area contributed by atoms with Gasteiger partial charge >= 0.3 is 0 Å². The molecule has 0 saturated heterocycles. The molecule has 0 atom stereocenters. The summed E-state index contributed by atoms with van der Waals surface area (Å²) in [4.78, 5) is 0. The van der Waals surface area contributed by atoms with Crippen molar-refractivity contribution in [2.45, 2.75) is 6.92 Å². The van der Waals surface area contributed by atoms with E-state index in [1.165, 1.54) is 14.1 Å². The average molecular weight is 180 g/mol. The largest absolute Gasteiger partial charge is 1.00 e. The molecule has 0 aliphatic carbocycles. The maximum atomic E-state index is 12.1. The minimum atomic E-state index is -0.431. The summed E-state index contributed by atoms with van der Waals surface area (Å²) < 4.78 is 11.6. The van der Waals surface area contributed by atoms with E-state index in [-0.39, 0.29) is 29.8 Å². The van der Waals surface area contributed by atoms with Crippen LogP contribution in [0.15, 0.2) is 0 Å². The second-order valence-electron chi connectivity index (χ2n) is 1.85. The molecule has 0 unspecified atom stereocenters. The first kappa shape index (κ1) is 15.9. The van der Waals surface area contributed by atoms with Crippen molar-refractivity contribution in [2.75, 3.05) is 20.6 Å². The van der Waals surface area contributed by atoms with Crippen LogP contribution in [-0.2, 0) is 17.4 Å². The summed E-state index contributed by atoms with van der Waals surface area (Å²) in [6, 6.07) is 0. The zero-order valence-corrected chi connectivity index (χ0v) is 7.35. The molecular formula is C4H11ClCrFN. The van der Waals surface area contributed by atoms with E-state index in [1.807, 2.05) is 0 Å². The van der Waals surface area contributed by atoms with Crippen molar-refractivity contribution in [3.05, 3.63) is 0 Å². The second kappa shape index (κ2) is 5.84. The second-order valence-corrected chi connectivity index (χ2v) is 1.85. The van der Waals surface area contributed by atoms with E-state index in [0.717, 1.165) is 0 Å². The van der Waals surface area contributed by atoms with E-state index in [0.29, 0.717) is 6.54 Å². The van der Waals surface area contributed by atoms with Crippen LogP contribution in [0.3, 0.4) is 0 Å². The maximum Gasteiger partial charge on any atom is 0.112 e. The SMILES string of the molecule is CC[N+](C)(C)F.[Cl-].[Cr]. The Balaban J connectivity index is -0.000000125. The number of nitrogens with zero attached hydrogens (tertiary/aromatic N) is 1. The molecule has 4 heteroatoms. The predicted octanol–water partition coefficient (Wildman–Crippen LogP) is -2.03. The van der Waals surface area contributed by atoms with Crippen LogP contribution in [0.1, 0.15) is 6.92 Å². The molecule has 0 bridgehead atoms. The molecule has 0 aromatic carbocycles. The molecule has 0 amide bonds. The first-order valence-electron chi connectivity index (χ1n) is 2.09. The maximum absolute atomic E-state index is 12.1. The van der Waals surface area contributed by atoms with Gasteiger partial charge in [0, 0.05) is 17.4 Å². The van der Waals surface area contributed by atoms with Gasteiger partial charge < -0.3 is 12.4 Å². The third kappa shape index (κ3) is 15.9. The number of rotatable bonds is 1. The van der Waals surface area contributed by atoms with Crippen LogP contribution in [0.2, 0.25) is 0 Å². The molecule has 0 spiro atoms. The van der Waals surface area contributed by atoms with Crippen molar-refractivity contribution in [1.82, 2.24) is 0 Å². The van der Waals surface area contributed by atoms with Gasteiger partial charge in [0.2, 0.25) is 0 Å². The Kier molecular flexibility index (Phi) is 11.6. The predicted molar refractivity (Wildman–Crippen MR) is 23.8 cm³/mol. The molecule has 0 heterocycles. The number of quaternary nitrogens is 1. The summed E-state index contributed by atoms with van der Waals surface area (Å²) >= 11 is 0. The van der Waals surface area contributed by atoms with E-state index in [4.69, 9.17) is 0 Å². The van der Waals surface area contributed by atoms with E-state index in [1.54, 1.807) is 6.92 Å². The van der Waals surface area contributed by atoms with Gasteiger partial charge in [-0.25, -0.2) is 0 Å². The average Bonchev–Trinajstić information content (AvgIpc) is 1.35. The molecule has 52 valence electrons. The molecule has 0 aromatic rings. The molecule has 0 saturated carbocycles. The standard InChI is InChI=1S/C4H11FN.ClH.Cr/c1-4-6(2,3)5;;/h4H2,1-3H3;1H;/q+1;;/p-1. The van der Waals surface area contributed by atoms with E-state index < -0.39 is 4.71 Å². The van der Waals surface area contributed by atoms with Gasteiger partial charge in [0.15, 0.2) is 0 Å². The van der Waals surface area contributed by atoms with Crippen molar-refractivity contribution in [2.24, 2.45) is 0 Å². The first-order chi connectivity index (χ1) is 2.56. The number of halogens is 2. The fraction of sp³-hybridized carbons (Fsp3) is 1.00. The molecular weight excluding hydrogens is 168 g/mol. The third-order valence-electron chi connectivity index (χ3n) is 0.752. The Labute approximate surface area is 66.9 Å². The van der Waals surface area contributed by atoms with Crippen molar-refractivity contribution in [1.29, 1.82) is 0 Å². The normalized spacial score (nSPS) is 9.00. The summed E-state index contributed by atoms with van der Waals surface area (Å²) in [5.74, 6) is 0. The van der Waals surface area contributed by atoms with Gasteiger partial charge in [-0.2, -0.15) is 0 Å². The minimum Gasteiger partial charge on any atom is -1.00 e. The van der Waals surface area contributed by atoms with Gasteiger partial charge in [0.05, 0.1) is 0 Å². The van der Waals surface area contributed by atoms with Gasteiger partial charge in [0.25, 0.3) is 0 Å². The number of hydrogen-bond donors (Lipinski definition) is 0. The third-order valence-corrected chi connectivity index (χ3v) is 0.752. The molecule has 0 fully saturated rings. The number of hydrogen-bond acceptors (Lipinski definition) is 0. The monoisotopic (exact) mass is 179 g/mol. The fourth-order valence-corrected chi connectivity index (χ4v) is 0. The zero-order chi connectivity index (χ0) is 5.21. The van der Waals surface area contributed by atoms with Crippen LogP contribution in [-0.4, -0.2) is 25.3 Å². The van der Waals surface area contributed by atoms with Crippen molar-refractivity contribution < 1.29 is 39.0 Å². The quantitative estimate of drug-likeness (QED) is 0.408. The summed E-state index contributed by atoms with van der Waals surface area (Å²) in [7, 11) is 3.03. The molecule has 0 aliphatic rings. The minimum absolute atomic E-state index is 0. The Morgan fingerprint density at radius 3 is 1.50 bits per heavy atom. The molecule has 0 aromatic heterocycles. The van der Waals surface area contributed by atoms with Crippen LogP contribution in [0, 0.1) is 0 Å². The van der Waals surface area contributed by atoms with Gasteiger partial charge in [-0.15, -0.1) is 4.71 Å². The van der Waals surface area contributed by atoms with Crippen LogP contribution < -0.4 is 12.4 Å². The van der Waals surface area contributed by atoms with Crippen LogP contribution in [0.25, 0.3) is 0 Å². The molecule has 0 N–H and O–H groups in total. The van der Waals surface area contributed by atoms with Crippen LogP contribution in [0.4, 0.5) is 4.48 Å². The van der Waals surface area contributed by atoms with Gasteiger partial charge in [0.1, 0.15) is 20.6 Å². The fourth-order valence-electron chi connectivity index (χ4n) is 0. The van der Waals surface area contributed by atoms with E-state index in [9.17, 15) is 4.48 Å². The van der Waals surface area contributed by atoms with Gasteiger partial charge in [-0.1, -0.05) is 0 Å². The summed E-state index contributed by atoms with van der Waals surface area (Å²) in [5, 5.41) is 0. The first-order valence-corrected chi connectivity index (χ1v) is 2.09. The Hall–Kier alpha value is 0.712. The summed E-state index contributed by atoms with van der Waals surface area (Å²) in [5.41, 5.74) is 0. The molecule has 1 nitrogen and oxygen atoms in total. The van der Waals surface area contributed by atoms with Gasteiger partial charge in [-0.3, -0.25) is 0 Å². The van der Waals surface area contributed by atoms with Crippen molar-refractivity contribution in [3.8, 4) is 0 Å².